The molecular formula is C9H15NO5. The van der Waals surface area contributed by atoms with Crippen LogP contribution in [0.1, 0.15) is 6.92 Å². The fourth-order valence-corrected chi connectivity index (χ4v) is 1.31. The third-order valence-corrected chi connectivity index (χ3v) is 2.13. The van der Waals surface area contributed by atoms with Crippen molar-refractivity contribution in [1.82, 2.24) is 4.90 Å². The maximum atomic E-state index is 11.7. The lowest BCUT2D eigenvalue weighted by atomic mass is 10.3. The van der Waals surface area contributed by atoms with Gasteiger partial charge in [-0.25, -0.2) is 4.79 Å². The average Bonchev–Trinajstić information content (AvgIpc) is 2.26. The van der Waals surface area contributed by atoms with Crippen LogP contribution in [-0.2, 0) is 19.1 Å². The second-order valence-corrected chi connectivity index (χ2v) is 3.28. The fourth-order valence-electron chi connectivity index (χ4n) is 1.31. The van der Waals surface area contributed by atoms with Crippen molar-refractivity contribution >= 4 is 11.9 Å². The predicted octanol–water partition coefficient (Wildman–Crippen LogP) is -0.665. The Morgan fingerprint density at radius 1 is 1.47 bits per heavy atom. The van der Waals surface area contributed by atoms with E-state index in [9.17, 15) is 9.59 Å². The zero-order valence-corrected chi connectivity index (χ0v) is 8.64. The summed E-state index contributed by atoms with van der Waals surface area (Å²) in [6.07, 6.45) is -0.709. The highest BCUT2D eigenvalue weighted by Crippen LogP contribution is 2.03. The van der Waals surface area contributed by atoms with E-state index in [1.165, 1.54) is 0 Å². The van der Waals surface area contributed by atoms with Crippen molar-refractivity contribution in [2.24, 2.45) is 0 Å². The van der Waals surface area contributed by atoms with Crippen LogP contribution in [0.5, 0.6) is 0 Å². The van der Waals surface area contributed by atoms with Gasteiger partial charge in [0.2, 0.25) is 0 Å². The first-order chi connectivity index (χ1) is 7.11. The largest absolute Gasteiger partial charge is 0.480 e. The van der Waals surface area contributed by atoms with Crippen molar-refractivity contribution in [2.75, 3.05) is 32.9 Å². The molecule has 1 unspecified atom stereocenters. The first-order valence-corrected chi connectivity index (χ1v) is 4.81. The van der Waals surface area contributed by atoms with E-state index in [-0.39, 0.29) is 5.91 Å². The van der Waals surface area contributed by atoms with Crippen LogP contribution in [0.15, 0.2) is 0 Å². The molecule has 86 valence electrons. The van der Waals surface area contributed by atoms with Crippen molar-refractivity contribution < 1.29 is 24.2 Å². The lowest BCUT2D eigenvalue weighted by Gasteiger charge is -2.28. The van der Waals surface area contributed by atoms with Gasteiger partial charge in [0, 0.05) is 13.1 Å². The Bertz CT molecular complexity index is 237. The molecule has 6 heteroatoms. The summed E-state index contributed by atoms with van der Waals surface area (Å²) in [4.78, 5) is 23.5. The highest BCUT2D eigenvalue weighted by Gasteiger charge is 2.23. The number of carboxylic acids is 1. The summed E-state index contributed by atoms with van der Waals surface area (Å²) in [6, 6.07) is 0. The van der Waals surface area contributed by atoms with E-state index in [4.69, 9.17) is 14.6 Å². The number of hydrogen-bond acceptors (Lipinski definition) is 4. The smallest absolute Gasteiger partial charge is 0.329 e. The number of morpholine rings is 1. The number of carboxylic acid groups (broad SMARTS) is 1. The van der Waals surface area contributed by atoms with Crippen LogP contribution in [0.2, 0.25) is 0 Å². The number of nitrogens with zero attached hydrogens (tertiary/aromatic N) is 1. The second-order valence-electron chi connectivity index (χ2n) is 3.28. The van der Waals surface area contributed by atoms with E-state index in [2.05, 4.69) is 0 Å². The van der Waals surface area contributed by atoms with Gasteiger partial charge in [0.15, 0.2) is 0 Å². The van der Waals surface area contributed by atoms with Gasteiger partial charge in [0.1, 0.15) is 12.7 Å². The Morgan fingerprint density at radius 3 is 2.60 bits per heavy atom. The van der Waals surface area contributed by atoms with Gasteiger partial charge in [0.05, 0.1) is 13.2 Å². The third-order valence-electron chi connectivity index (χ3n) is 2.13. The van der Waals surface area contributed by atoms with E-state index in [1.807, 2.05) is 0 Å². The van der Waals surface area contributed by atoms with Gasteiger partial charge in [0.25, 0.3) is 5.91 Å². The zero-order chi connectivity index (χ0) is 11.3. The van der Waals surface area contributed by atoms with Gasteiger partial charge in [-0.05, 0) is 6.92 Å². The average molecular weight is 217 g/mol. The maximum absolute atomic E-state index is 11.7. The van der Waals surface area contributed by atoms with E-state index in [1.54, 1.807) is 11.8 Å². The fraction of sp³-hybridized carbons (Fsp3) is 0.778. The molecule has 1 N–H and O–H groups in total. The number of aliphatic carboxylic acids is 1. The van der Waals surface area contributed by atoms with Crippen LogP contribution in [0.3, 0.4) is 0 Å². The van der Waals surface area contributed by atoms with Crippen LogP contribution in [0.4, 0.5) is 0 Å². The highest BCUT2D eigenvalue weighted by molar-refractivity contribution is 5.81. The molecular weight excluding hydrogens is 202 g/mol. The number of hydrogen-bond donors (Lipinski definition) is 1. The molecule has 0 spiro atoms. The van der Waals surface area contributed by atoms with E-state index in [0.29, 0.717) is 26.3 Å². The van der Waals surface area contributed by atoms with Crippen molar-refractivity contribution in [1.29, 1.82) is 0 Å². The van der Waals surface area contributed by atoms with Crippen LogP contribution in [0, 0.1) is 0 Å². The summed E-state index contributed by atoms with van der Waals surface area (Å²) >= 11 is 0. The third kappa shape index (κ3) is 3.85. The molecule has 1 fully saturated rings. The Hall–Kier alpha value is -1.14. The van der Waals surface area contributed by atoms with Crippen LogP contribution in [-0.4, -0.2) is 60.9 Å². The van der Waals surface area contributed by atoms with Crippen molar-refractivity contribution in [3.05, 3.63) is 0 Å². The van der Waals surface area contributed by atoms with Gasteiger partial charge < -0.3 is 19.5 Å². The number of carbonyl (C=O) groups is 2. The van der Waals surface area contributed by atoms with Gasteiger partial charge in [-0.3, -0.25) is 4.79 Å². The standard InChI is InChI=1S/C9H15NO5/c1-7(15-6-8(11)12)9(13)10-2-4-14-5-3-10/h7H,2-6H2,1H3,(H,11,12). The highest BCUT2D eigenvalue weighted by atomic mass is 16.5. The summed E-state index contributed by atoms with van der Waals surface area (Å²) < 4.78 is 9.99. The summed E-state index contributed by atoms with van der Waals surface area (Å²) in [6.45, 7) is 3.24. The Labute approximate surface area is 87.8 Å². The van der Waals surface area contributed by atoms with Crippen LogP contribution >= 0.6 is 0 Å². The Kier molecular flexibility index (Phi) is 4.51. The molecule has 1 heterocycles. The number of carbonyl (C=O) groups excluding carboxylic acids is 1. The minimum absolute atomic E-state index is 0.181. The molecule has 1 amide bonds. The molecule has 0 saturated carbocycles. The van der Waals surface area contributed by atoms with E-state index >= 15 is 0 Å². The molecule has 1 rings (SSSR count). The molecule has 1 saturated heterocycles. The summed E-state index contributed by atoms with van der Waals surface area (Å²) in [5, 5.41) is 8.38. The maximum Gasteiger partial charge on any atom is 0.329 e. The molecule has 1 aliphatic heterocycles. The Balaban J connectivity index is 2.33. The second kappa shape index (κ2) is 5.67. The van der Waals surface area contributed by atoms with Gasteiger partial charge in [-0.15, -0.1) is 0 Å². The molecule has 0 aromatic heterocycles. The summed E-state index contributed by atoms with van der Waals surface area (Å²) in [7, 11) is 0. The lowest BCUT2D eigenvalue weighted by Crippen LogP contribution is -2.45. The van der Waals surface area contributed by atoms with E-state index in [0.717, 1.165) is 0 Å². The van der Waals surface area contributed by atoms with Crippen LogP contribution < -0.4 is 0 Å². The molecule has 1 aliphatic rings. The van der Waals surface area contributed by atoms with Crippen molar-refractivity contribution in [2.45, 2.75) is 13.0 Å². The van der Waals surface area contributed by atoms with Gasteiger partial charge in [-0.2, -0.15) is 0 Å². The Morgan fingerprint density at radius 2 is 2.07 bits per heavy atom. The molecule has 0 aliphatic carbocycles. The predicted molar refractivity (Wildman–Crippen MR) is 50.4 cm³/mol. The van der Waals surface area contributed by atoms with Crippen LogP contribution in [0.25, 0.3) is 0 Å². The van der Waals surface area contributed by atoms with Crippen molar-refractivity contribution in [3.8, 4) is 0 Å². The molecule has 6 nitrogen and oxygen atoms in total. The molecule has 0 aromatic carbocycles. The zero-order valence-electron chi connectivity index (χ0n) is 8.64. The van der Waals surface area contributed by atoms with Gasteiger partial charge in [-0.1, -0.05) is 0 Å². The summed E-state index contributed by atoms with van der Waals surface area (Å²) in [5.41, 5.74) is 0. The number of ether oxygens (including phenoxy) is 2. The summed E-state index contributed by atoms with van der Waals surface area (Å²) in [5.74, 6) is -1.25. The van der Waals surface area contributed by atoms with E-state index < -0.39 is 18.7 Å². The molecule has 0 aromatic rings. The minimum atomic E-state index is -1.07. The van der Waals surface area contributed by atoms with Gasteiger partial charge >= 0.3 is 5.97 Å². The topological polar surface area (TPSA) is 76.1 Å². The first kappa shape index (κ1) is 11.9. The lowest BCUT2D eigenvalue weighted by molar-refractivity contribution is -0.153. The molecule has 0 radical (unpaired) electrons. The minimum Gasteiger partial charge on any atom is -0.480 e. The normalized spacial score (nSPS) is 18.6. The molecule has 15 heavy (non-hydrogen) atoms. The SMILES string of the molecule is CC(OCC(=O)O)C(=O)N1CCOCC1. The monoisotopic (exact) mass is 217 g/mol. The molecule has 0 bridgehead atoms. The quantitative estimate of drug-likeness (QED) is 0.676. The molecule has 1 atom stereocenters. The number of amides is 1. The van der Waals surface area contributed by atoms with Crippen molar-refractivity contribution in [3.63, 3.8) is 0 Å². The number of rotatable bonds is 4. The first-order valence-electron chi connectivity index (χ1n) is 4.81.